The monoisotopic (exact) mass is 268 g/mol. The van der Waals surface area contributed by atoms with Gasteiger partial charge in [-0.3, -0.25) is 0 Å². The van der Waals surface area contributed by atoms with Crippen LogP contribution in [0.4, 0.5) is 0 Å². The van der Waals surface area contributed by atoms with Gasteiger partial charge in [-0.15, -0.1) is 0 Å². The van der Waals surface area contributed by atoms with Crippen LogP contribution >= 0.6 is 11.3 Å². The molecule has 0 amide bonds. The number of thiophene rings is 1. The van der Waals surface area contributed by atoms with Crippen LogP contribution in [0.1, 0.15) is 4.88 Å². The first-order valence-corrected chi connectivity index (χ1v) is 5.10. The summed E-state index contributed by atoms with van der Waals surface area (Å²) in [6, 6.07) is 4.13. The quantitative estimate of drug-likeness (QED) is 0.674. The van der Waals surface area contributed by atoms with Gasteiger partial charge in [-0.05, 0) is 0 Å². The van der Waals surface area contributed by atoms with Crippen molar-refractivity contribution in [2.75, 3.05) is 0 Å². The molecule has 0 spiro atoms. The van der Waals surface area contributed by atoms with E-state index in [4.69, 9.17) is 0 Å². The molecule has 1 rings (SSSR count). The normalized spacial score (nSPS) is 11.8. The average molecular weight is 266 g/mol. The molecule has 9 heavy (non-hydrogen) atoms. The third-order valence-corrected chi connectivity index (χ3v) is 4.03. The SMILES string of the molecule is [Se]/C=C(\[Se])c1cccs1. The van der Waals surface area contributed by atoms with Crippen molar-refractivity contribution in [3.63, 3.8) is 0 Å². The van der Waals surface area contributed by atoms with Crippen LogP contribution in [0, 0.1) is 0 Å². The van der Waals surface area contributed by atoms with Gasteiger partial charge in [0.15, 0.2) is 0 Å². The molecule has 1 aromatic heterocycles. The fraction of sp³-hybridized carbons (Fsp3) is 0. The van der Waals surface area contributed by atoms with Gasteiger partial charge in [0.1, 0.15) is 0 Å². The first-order chi connectivity index (χ1) is 4.34. The molecule has 0 saturated carbocycles. The second-order valence-electron chi connectivity index (χ2n) is 1.46. The molecule has 0 atom stereocenters. The van der Waals surface area contributed by atoms with Crippen molar-refractivity contribution in [3.05, 3.63) is 27.4 Å². The van der Waals surface area contributed by atoms with E-state index >= 15 is 0 Å². The molecule has 0 N–H and O–H groups in total. The van der Waals surface area contributed by atoms with Gasteiger partial charge in [-0.25, -0.2) is 0 Å². The first kappa shape index (κ1) is 7.58. The van der Waals surface area contributed by atoms with E-state index in [-0.39, 0.29) is 0 Å². The van der Waals surface area contributed by atoms with E-state index in [0.717, 1.165) is 0 Å². The Bertz CT molecular complexity index is 201. The van der Waals surface area contributed by atoms with E-state index in [1.807, 2.05) is 11.0 Å². The molecule has 0 aliphatic carbocycles. The summed E-state index contributed by atoms with van der Waals surface area (Å²) in [5.74, 6) is 0. The van der Waals surface area contributed by atoms with Crippen LogP contribution in [0.25, 0.3) is 4.47 Å². The van der Waals surface area contributed by atoms with Gasteiger partial charge >= 0.3 is 75.2 Å². The molecule has 1 heterocycles. The second kappa shape index (κ2) is 3.60. The number of rotatable bonds is 1. The van der Waals surface area contributed by atoms with Crippen molar-refractivity contribution >= 4 is 47.8 Å². The van der Waals surface area contributed by atoms with Crippen LogP contribution < -0.4 is 0 Å². The van der Waals surface area contributed by atoms with Crippen molar-refractivity contribution in [2.45, 2.75) is 0 Å². The Morgan fingerprint density at radius 1 is 1.67 bits per heavy atom. The van der Waals surface area contributed by atoms with E-state index in [1.54, 1.807) is 11.3 Å². The van der Waals surface area contributed by atoms with Crippen molar-refractivity contribution in [1.29, 1.82) is 0 Å². The molecule has 3 heteroatoms. The third kappa shape index (κ3) is 1.96. The van der Waals surface area contributed by atoms with Crippen molar-refractivity contribution < 1.29 is 0 Å². The molecule has 0 bridgehead atoms. The van der Waals surface area contributed by atoms with Crippen LogP contribution in [0.5, 0.6) is 0 Å². The van der Waals surface area contributed by atoms with E-state index in [1.165, 1.54) is 9.35 Å². The van der Waals surface area contributed by atoms with E-state index in [2.05, 4.69) is 43.5 Å². The van der Waals surface area contributed by atoms with Crippen LogP contribution in [0.15, 0.2) is 22.5 Å². The van der Waals surface area contributed by atoms with Crippen molar-refractivity contribution in [1.82, 2.24) is 0 Å². The maximum absolute atomic E-state index is 2.97. The van der Waals surface area contributed by atoms with Crippen molar-refractivity contribution in [2.24, 2.45) is 0 Å². The summed E-state index contributed by atoms with van der Waals surface area (Å²) in [4.78, 5) is 3.24. The standard InChI is InChI=1S/C6H4SSe2/c8-4-6(9)5-2-1-3-7-5/h1-4H/b6-4-. The minimum absolute atomic E-state index is 1.19. The molecular weight excluding hydrogens is 262 g/mol. The zero-order valence-electron chi connectivity index (χ0n) is 4.53. The van der Waals surface area contributed by atoms with Crippen LogP contribution in [-0.2, 0) is 0 Å². The minimum atomic E-state index is 1.19. The Labute approximate surface area is 75.0 Å². The Balaban J connectivity index is 2.90. The maximum atomic E-state index is 2.97. The van der Waals surface area contributed by atoms with Gasteiger partial charge in [0.2, 0.25) is 0 Å². The molecule has 2 radical (unpaired) electrons. The molecule has 0 fully saturated rings. The van der Waals surface area contributed by atoms with Gasteiger partial charge in [-0.2, -0.15) is 0 Å². The summed E-state index contributed by atoms with van der Waals surface area (Å²) in [5, 5.41) is 2.07. The van der Waals surface area contributed by atoms with Gasteiger partial charge in [0.25, 0.3) is 0 Å². The van der Waals surface area contributed by atoms with Crippen LogP contribution in [0.2, 0.25) is 0 Å². The van der Waals surface area contributed by atoms with Crippen molar-refractivity contribution in [3.8, 4) is 0 Å². The Morgan fingerprint density at radius 2 is 2.44 bits per heavy atom. The molecular formula is C6H4SSe2. The molecule has 0 aromatic carbocycles. The predicted molar refractivity (Wildman–Crippen MR) is 43.8 cm³/mol. The Kier molecular flexibility index (Phi) is 3.03. The molecule has 0 aliphatic rings. The van der Waals surface area contributed by atoms with E-state index in [0.29, 0.717) is 0 Å². The van der Waals surface area contributed by atoms with Gasteiger partial charge in [0.05, 0.1) is 0 Å². The summed E-state index contributed by atoms with van der Waals surface area (Å²) in [6.07, 6.45) is 0. The summed E-state index contributed by atoms with van der Waals surface area (Å²) in [6.45, 7) is 0. The van der Waals surface area contributed by atoms with E-state index < -0.39 is 0 Å². The average Bonchev–Trinajstić information content (AvgIpc) is 2.37. The molecule has 0 nitrogen and oxygen atoms in total. The topological polar surface area (TPSA) is 0 Å². The van der Waals surface area contributed by atoms with Crippen LogP contribution in [-0.4, -0.2) is 32.0 Å². The summed E-state index contributed by atoms with van der Waals surface area (Å²) in [5.41, 5.74) is 0. The van der Waals surface area contributed by atoms with Gasteiger partial charge < -0.3 is 0 Å². The molecule has 46 valence electrons. The number of hydrogen-bond acceptors (Lipinski definition) is 1. The molecule has 1 aromatic rings. The fourth-order valence-corrected chi connectivity index (χ4v) is 1.99. The van der Waals surface area contributed by atoms with Gasteiger partial charge in [0, 0.05) is 0 Å². The summed E-state index contributed by atoms with van der Waals surface area (Å²) in [7, 11) is 0. The van der Waals surface area contributed by atoms with E-state index in [9.17, 15) is 0 Å². The summed E-state index contributed by atoms with van der Waals surface area (Å²) < 4.78 is 1.19. The van der Waals surface area contributed by atoms with Gasteiger partial charge in [-0.1, -0.05) is 0 Å². The number of hydrogen-bond donors (Lipinski definition) is 0. The predicted octanol–water partition coefficient (Wildman–Crippen LogP) is 1.38. The summed E-state index contributed by atoms with van der Waals surface area (Å²) >= 11 is 7.55. The first-order valence-electron chi connectivity index (χ1n) is 2.37. The second-order valence-corrected chi connectivity index (χ2v) is 3.82. The fourth-order valence-electron chi connectivity index (χ4n) is 0.477. The Hall–Kier alpha value is 0.479. The molecule has 0 aliphatic heterocycles. The third-order valence-electron chi connectivity index (χ3n) is 0.871. The zero-order valence-corrected chi connectivity index (χ0v) is 8.78. The molecule has 0 unspecified atom stereocenters. The van der Waals surface area contributed by atoms with Crippen LogP contribution in [0.3, 0.4) is 0 Å². The zero-order chi connectivity index (χ0) is 6.69. The Morgan fingerprint density at radius 3 is 2.89 bits per heavy atom. The molecule has 0 saturated heterocycles.